The highest BCUT2D eigenvalue weighted by molar-refractivity contribution is 4.96. The maximum absolute atomic E-state index is 3.41. The summed E-state index contributed by atoms with van der Waals surface area (Å²) in [5, 5.41) is 3.41. The zero-order chi connectivity index (χ0) is 10.4. The van der Waals surface area contributed by atoms with E-state index < -0.39 is 0 Å². The lowest BCUT2D eigenvalue weighted by Gasteiger charge is -2.49. The van der Waals surface area contributed by atoms with Gasteiger partial charge in [-0.15, -0.1) is 0 Å². The highest BCUT2D eigenvalue weighted by Crippen LogP contribution is 2.33. The van der Waals surface area contributed by atoms with Crippen LogP contribution in [0.3, 0.4) is 0 Å². The molecule has 0 bridgehead atoms. The van der Waals surface area contributed by atoms with E-state index in [0.29, 0.717) is 5.41 Å². The van der Waals surface area contributed by atoms with Crippen LogP contribution < -0.4 is 5.32 Å². The molecule has 2 rings (SSSR count). The molecular formula is C12H26N2. The Bertz CT molecular complexity index is 150. The van der Waals surface area contributed by atoms with Gasteiger partial charge in [-0.3, -0.25) is 0 Å². The molecular weight excluding hydrogens is 172 g/mol. The molecule has 0 unspecified atom stereocenters. The van der Waals surface area contributed by atoms with Gasteiger partial charge in [0.2, 0.25) is 0 Å². The summed E-state index contributed by atoms with van der Waals surface area (Å²) in [5.41, 5.74) is 0.688. The maximum atomic E-state index is 3.41. The monoisotopic (exact) mass is 198 g/mol. The van der Waals surface area contributed by atoms with Crippen molar-refractivity contribution in [2.24, 2.45) is 5.41 Å². The van der Waals surface area contributed by atoms with Crippen molar-refractivity contribution in [3.05, 3.63) is 0 Å². The van der Waals surface area contributed by atoms with Crippen LogP contribution in [0.1, 0.15) is 40.0 Å². The fourth-order valence-corrected chi connectivity index (χ4v) is 2.58. The third kappa shape index (κ3) is 2.71. The van der Waals surface area contributed by atoms with Gasteiger partial charge in [0.05, 0.1) is 0 Å². The van der Waals surface area contributed by atoms with Gasteiger partial charge in [-0.05, 0) is 32.4 Å². The van der Waals surface area contributed by atoms with Crippen LogP contribution in [0.2, 0.25) is 0 Å². The third-order valence-electron chi connectivity index (χ3n) is 3.28. The Morgan fingerprint density at radius 1 is 1.29 bits per heavy atom. The fourth-order valence-electron chi connectivity index (χ4n) is 2.58. The second-order valence-corrected chi connectivity index (χ2v) is 4.48. The van der Waals surface area contributed by atoms with Crippen molar-refractivity contribution in [3.63, 3.8) is 0 Å². The van der Waals surface area contributed by atoms with Crippen LogP contribution in [0.5, 0.6) is 0 Å². The second-order valence-electron chi connectivity index (χ2n) is 4.48. The second kappa shape index (κ2) is 5.72. The number of nitrogens with zero attached hydrogens (tertiary/aromatic N) is 1. The molecule has 84 valence electrons. The van der Waals surface area contributed by atoms with Crippen molar-refractivity contribution in [3.8, 4) is 0 Å². The molecule has 2 aliphatic rings. The molecule has 0 aliphatic carbocycles. The summed E-state index contributed by atoms with van der Waals surface area (Å²) < 4.78 is 0. The Balaban J connectivity index is 0.000000461. The minimum atomic E-state index is 0.688. The number of nitrogens with one attached hydrogen (secondary N) is 1. The summed E-state index contributed by atoms with van der Waals surface area (Å²) in [7, 11) is 0. The van der Waals surface area contributed by atoms with Crippen molar-refractivity contribution >= 4 is 0 Å². The van der Waals surface area contributed by atoms with Gasteiger partial charge < -0.3 is 10.2 Å². The van der Waals surface area contributed by atoms with Crippen LogP contribution in [0.4, 0.5) is 0 Å². The van der Waals surface area contributed by atoms with Crippen molar-refractivity contribution in [2.75, 3.05) is 32.7 Å². The average molecular weight is 198 g/mol. The first-order valence-corrected chi connectivity index (χ1v) is 6.28. The van der Waals surface area contributed by atoms with Gasteiger partial charge in [-0.25, -0.2) is 0 Å². The molecule has 0 saturated carbocycles. The summed E-state index contributed by atoms with van der Waals surface area (Å²) in [5.74, 6) is 0. The third-order valence-corrected chi connectivity index (χ3v) is 3.28. The maximum Gasteiger partial charge on any atom is 0.00802 e. The predicted molar refractivity (Wildman–Crippen MR) is 62.6 cm³/mol. The topological polar surface area (TPSA) is 15.3 Å². The van der Waals surface area contributed by atoms with Crippen LogP contribution in [0.25, 0.3) is 0 Å². The van der Waals surface area contributed by atoms with E-state index in [0.717, 1.165) is 0 Å². The molecule has 0 aromatic heterocycles. The van der Waals surface area contributed by atoms with Crippen molar-refractivity contribution in [2.45, 2.75) is 40.0 Å². The average Bonchev–Trinajstić information content (AvgIpc) is 2.20. The first-order chi connectivity index (χ1) is 6.85. The molecule has 14 heavy (non-hydrogen) atoms. The number of rotatable bonds is 2. The molecule has 0 amide bonds. The Morgan fingerprint density at radius 2 is 2.00 bits per heavy atom. The van der Waals surface area contributed by atoms with Crippen molar-refractivity contribution in [1.82, 2.24) is 10.2 Å². The van der Waals surface area contributed by atoms with E-state index in [2.05, 4.69) is 17.1 Å². The summed E-state index contributed by atoms with van der Waals surface area (Å²) in [4.78, 5) is 2.64. The molecule has 2 heterocycles. The highest BCUT2D eigenvalue weighted by Gasteiger charge is 2.39. The molecule has 0 atom stereocenters. The quantitative estimate of drug-likeness (QED) is 0.731. The first-order valence-electron chi connectivity index (χ1n) is 6.28. The van der Waals surface area contributed by atoms with Crippen LogP contribution in [0, 0.1) is 5.41 Å². The molecule has 2 nitrogen and oxygen atoms in total. The van der Waals surface area contributed by atoms with Gasteiger partial charge >= 0.3 is 0 Å². The molecule has 0 aromatic rings. The zero-order valence-corrected chi connectivity index (χ0v) is 10.1. The van der Waals surface area contributed by atoms with Gasteiger partial charge in [0, 0.05) is 25.0 Å². The van der Waals surface area contributed by atoms with Crippen LogP contribution >= 0.6 is 0 Å². The molecule has 0 aromatic carbocycles. The van der Waals surface area contributed by atoms with Crippen molar-refractivity contribution < 1.29 is 0 Å². The molecule has 2 heteroatoms. The van der Waals surface area contributed by atoms with Gasteiger partial charge in [0.15, 0.2) is 0 Å². The van der Waals surface area contributed by atoms with Gasteiger partial charge in [-0.1, -0.05) is 20.8 Å². The van der Waals surface area contributed by atoms with E-state index >= 15 is 0 Å². The lowest BCUT2D eigenvalue weighted by atomic mass is 9.75. The van der Waals surface area contributed by atoms with E-state index in [-0.39, 0.29) is 0 Å². The summed E-state index contributed by atoms with van der Waals surface area (Å²) in [6.45, 7) is 12.8. The van der Waals surface area contributed by atoms with Crippen LogP contribution in [-0.2, 0) is 0 Å². The summed E-state index contributed by atoms with van der Waals surface area (Å²) in [6.07, 6.45) is 4.19. The van der Waals surface area contributed by atoms with E-state index in [1.807, 2.05) is 13.8 Å². The van der Waals surface area contributed by atoms with Gasteiger partial charge in [-0.2, -0.15) is 0 Å². The standard InChI is InChI=1S/C10H20N2.C2H6/c1-2-5-12-6-3-4-10(9-12)7-11-8-10;1-2/h11H,2-9H2,1H3;1-2H3. The smallest absolute Gasteiger partial charge is 0.00802 e. The van der Waals surface area contributed by atoms with Crippen LogP contribution in [-0.4, -0.2) is 37.6 Å². The Labute approximate surface area is 89.1 Å². The summed E-state index contributed by atoms with van der Waals surface area (Å²) >= 11 is 0. The van der Waals surface area contributed by atoms with Crippen molar-refractivity contribution in [1.29, 1.82) is 0 Å². The molecule has 2 aliphatic heterocycles. The first kappa shape index (κ1) is 12.0. The molecule has 2 fully saturated rings. The largest absolute Gasteiger partial charge is 0.315 e. The fraction of sp³-hybridized carbons (Fsp3) is 1.00. The molecule has 2 saturated heterocycles. The zero-order valence-electron chi connectivity index (χ0n) is 10.1. The highest BCUT2D eigenvalue weighted by atomic mass is 15.2. The normalized spacial score (nSPS) is 25.1. The minimum Gasteiger partial charge on any atom is -0.315 e. The lowest BCUT2D eigenvalue weighted by Crippen LogP contribution is -2.61. The predicted octanol–water partition coefficient (Wildman–Crippen LogP) is 2.11. The number of hydrogen-bond donors (Lipinski definition) is 1. The Hall–Kier alpha value is -0.0800. The SMILES string of the molecule is CC.CCCN1CCCC2(CNC2)C1. The van der Waals surface area contributed by atoms with E-state index in [4.69, 9.17) is 0 Å². The summed E-state index contributed by atoms with van der Waals surface area (Å²) in [6, 6.07) is 0. The molecule has 1 spiro atoms. The van der Waals surface area contributed by atoms with Gasteiger partial charge in [0.1, 0.15) is 0 Å². The number of hydrogen-bond acceptors (Lipinski definition) is 2. The van der Waals surface area contributed by atoms with E-state index in [1.165, 1.54) is 52.0 Å². The number of likely N-dealkylation sites (tertiary alicyclic amines) is 1. The van der Waals surface area contributed by atoms with E-state index in [1.54, 1.807) is 0 Å². The number of piperidine rings is 1. The Kier molecular flexibility index (Phi) is 4.90. The molecule has 1 N–H and O–H groups in total. The Morgan fingerprint density at radius 3 is 2.50 bits per heavy atom. The lowest BCUT2D eigenvalue weighted by molar-refractivity contribution is 0.0418. The van der Waals surface area contributed by atoms with Gasteiger partial charge in [0.25, 0.3) is 0 Å². The van der Waals surface area contributed by atoms with Crippen LogP contribution in [0.15, 0.2) is 0 Å². The van der Waals surface area contributed by atoms with E-state index in [9.17, 15) is 0 Å². The molecule has 0 radical (unpaired) electrons. The minimum absolute atomic E-state index is 0.688.